The summed E-state index contributed by atoms with van der Waals surface area (Å²) in [7, 11) is 3.38. The average molecular weight is 368 g/mol. The van der Waals surface area contributed by atoms with Gasteiger partial charge in [0.05, 0.1) is 10.9 Å². The van der Waals surface area contributed by atoms with Crippen LogP contribution in [0.3, 0.4) is 0 Å². The Bertz CT molecular complexity index is 682. The van der Waals surface area contributed by atoms with Crippen molar-refractivity contribution in [1.29, 1.82) is 0 Å². The number of amides is 2. The molecule has 0 N–H and O–H groups in total. The van der Waals surface area contributed by atoms with Gasteiger partial charge < -0.3 is 9.80 Å². The lowest BCUT2D eigenvalue weighted by molar-refractivity contribution is -0.145. The summed E-state index contributed by atoms with van der Waals surface area (Å²) in [5.41, 5.74) is 0.539. The maximum absolute atomic E-state index is 14.2. The lowest BCUT2D eigenvalue weighted by Gasteiger charge is -2.36. The smallest absolute Gasteiger partial charge is 0.241 e. The first kappa shape index (κ1) is 18.1. The summed E-state index contributed by atoms with van der Waals surface area (Å²) in [6.07, 6.45) is 1.70. The van der Waals surface area contributed by atoms with Crippen LogP contribution in [-0.4, -0.2) is 66.3 Å². The molecule has 1 aromatic rings. The highest BCUT2D eigenvalue weighted by molar-refractivity contribution is 6.30. The molecule has 3 heterocycles. The van der Waals surface area contributed by atoms with Crippen molar-refractivity contribution in [1.82, 2.24) is 14.7 Å². The van der Waals surface area contributed by atoms with Crippen LogP contribution in [-0.2, 0) is 16.1 Å². The maximum Gasteiger partial charge on any atom is 0.241 e. The molecule has 7 heteroatoms. The number of rotatable bonds is 4. The monoisotopic (exact) mass is 367 g/mol. The SMILES string of the molecule is CN(C)C(=O)CN1C(=O)[C@@H]2CC[C@H]1CN(Cc1cccc(Cl)c1F)C2. The van der Waals surface area contributed by atoms with Gasteiger partial charge in [-0.15, -0.1) is 0 Å². The van der Waals surface area contributed by atoms with E-state index in [1.807, 2.05) is 0 Å². The Morgan fingerprint density at radius 1 is 1.32 bits per heavy atom. The molecule has 0 radical (unpaired) electrons. The van der Waals surface area contributed by atoms with Gasteiger partial charge in [-0.25, -0.2) is 4.39 Å². The zero-order valence-electron chi connectivity index (χ0n) is 14.5. The molecule has 5 nitrogen and oxygen atoms in total. The summed E-state index contributed by atoms with van der Waals surface area (Å²) < 4.78 is 14.2. The first-order valence-corrected chi connectivity index (χ1v) is 8.90. The highest BCUT2D eigenvalue weighted by Gasteiger charge is 2.41. The van der Waals surface area contributed by atoms with Crippen molar-refractivity contribution in [2.45, 2.75) is 25.4 Å². The van der Waals surface area contributed by atoms with E-state index in [-0.39, 0.29) is 35.3 Å². The second-order valence-corrected chi connectivity index (χ2v) is 7.50. The van der Waals surface area contributed by atoms with E-state index in [0.29, 0.717) is 25.2 Å². The largest absolute Gasteiger partial charge is 0.347 e. The third-order valence-corrected chi connectivity index (χ3v) is 5.39. The van der Waals surface area contributed by atoms with Crippen molar-refractivity contribution in [3.8, 4) is 0 Å². The molecular formula is C18H23ClFN3O2. The molecule has 1 aromatic carbocycles. The van der Waals surface area contributed by atoms with Gasteiger partial charge in [0.25, 0.3) is 0 Å². The van der Waals surface area contributed by atoms with Gasteiger partial charge in [-0.05, 0) is 18.9 Å². The normalized spacial score (nSPS) is 23.7. The topological polar surface area (TPSA) is 43.9 Å². The lowest BCUT2D eigenvalue weighted by atomic mass is 9.94. The van der Waals surface area contributed by atoms with Gasteiger partial charge in [-0.3, -0.25) is 14.5 Å². The molecule has 3 fully saturated rings. The molecule has 2 bridgehead atoms. The maximum atomic E-state index is 14.2. The van der Waals surface area contributed by atoms with Crippen molar-refractivity contribution >= 4 is 23.4 Å². The Hall–Kier alpha value is -1.66. The zero-order chi connectivity index (χ0) is 18.1. The van der Waals surface area contributed by atoms with Crippen LogP contribution in [0.4, 0.5) is 4.39 Å². The quantitative estimate of drug-likeness (QED) is 0.817. The third-order valence-electron chi connectivity index (χ3n) is 5.10. The van der Waals surface area contributed by atoms with Crippen LogP contribution in [0.5, 0.6) is 0 Å². The summed E-state index contributed by atoms with van der Waals surface area (Å²) in [6.45, 7) is 1.78. The number of likely N-dealkylation sites (N-methyl/N-ethyl adjacent to an activating group) is 1. The number of nitrogens with zero attached hydrogens (tertiary/aromatic N) is 3. The molecule has 2 atom stereocenters. The minimum absolute atomic E-state index is 0.00241. The van der Waals surface area contributed by atoms with E-state index in [1.54, 1.807) is 31.1 Å². The van der Waals surface area contributed by atoms with Gasteiger partial charge in [0.2, 0.25) is 11.8 Å². The molecule has 136 valence electrons. The zero-order valence-corrected chi connectivity index (χ0v) is 15.3. The average Bonchev–Trinajstić information content (AvgIpc) is 2.83. The number of fused-ring (bicyclic) bond motifs is 4. The molecule has 4 rings (SSSR count). The molecule has 0 aromatic heterocycles. The molecule has 25 heavy (non-hydrogen) atoms. The number of hydrogen-bond donors (Lipinski definition) is 0. The molecule has 0 unspecified atom stereocenters. The molecule has 2 amide bonds. The predicted octanol–water partition coefficient (Wildman–Crippen LogP) is 1.99. The highest BCUT2D eigenvalue weighted by Crippen LogP contribution is 2.30. The van der Waals surface area contributed by atoms with Gasteiger partial charge in [0.15, 0.2) is 0 Å². The Kier molecular flexibility index (Phi) is 5.29. The first-order valence-electron chi connectivity index (χ1n) is 8.52. The number of hydrogen-bond acceptors (Lipinski definition) is 3. The second-order valence-electron chi connectivity index (χ2n) is 7.09. The van der Waals surface area contributed by atoms with E-state index in [1.165, 1.54) is 11.0 Å². The molecule has 0 saturated carbocycles. The number of carbonyl (C=O) groups excluding carboxylic acids is 2. The van der Waals surface area contributed by atoms with E-state index in [2.05, 4.69) is 4.90 Å². The van der Waals surface area contributed by atoms with Crippen molar-refractivity contribution in [2.75, 3.05) is 33.7 Å². The van der Waals surface area contributed by atoms with E-state index in [9.17, 15) is 14.0 Å². The van der Waals surface area contributed by atoms with Gasteiger partial charge >= 0.3 is 0 Å². The van der Waals surface area contributed by atoms with E-state index < -0.39 is 5.82 Å². The predicted molar refractivity (Wildman–Crippen MR) is 93.6 cm³/mol. The molecule has 3 aliphatic rings. The van der Waals surface area contributed by atoms with Crippen LogP contribution < -0.4 is 0 Å². The van der Waals surface area contributed by atoms with E-state index in [4.69, 9.17) is 11.6 Å². The molecule has 3 aliphatic heterocycles. The van der Waals surface area contributed by atoms with Crippen LogP contribution in [0.15, 0.2) is 18.2 Å². The minimum Gasteiger partial charge on any atom is -0.347 e. The number of halogens is 2. The van der Waals surface area contributed by atoms with E-state index in [0.717, 1.165) is 12.8 Å². The fourth-order valence-electron chi connectivity index (χ4n) is 3.67. The summed E-state index contributed by atoms with van der Waals surface area (Å²) in [5, 5.41) is 0.115. The van der Waals surface area contributed by atoms with Crippen molar-refractivity contribution in [2.24, 2.45) is 5.92 Å². The van der Waals surface area contributed by atoms with Crippen molar-refractivity contribution in [3.05, 3.63) is 34.6 Å². The number of carbonyl (C=O) groups is 2. The van der Waals surface area contributed by atoms with Crippen molar-refractivity contribution < 1.29 is 14.0 Å². The van der Waals surface area contributed by atoms with Gasteiger partial charge in [-0.1, -0.05) is 23.7 Å². The van der Waals surface area contributed by atoms with Crippen LogP contribution in [0.2, 0.25) is 5.02 Å². The highest BCUT2D eigenvalue weighted by atomic mass is 35.5. The fraction of sp³-hybridized carbons (Fsp3) is 0.556. The Morgan fingerprint density at radius 3 is 2.80 bits per heavy atom. The molecule has 3 saturated heterocycles. The van der Waals surface area contributed by atoms with Gasteiger partial charge in [0, 0.05) is 45.3 Å². The standard InChI is InChI=1S/C18H23ClFN3O2/c1-21(2)16(24)11-23-14-7-6-13(18(23)25)9-22(10-14)8-12-4-3-5-15(19)17(12)20/h3-5,13-14H,6-11H2,1-2H3/t13-,14+/m1/s1. The number of benzene rings is 1. The van der Waals surface area contributed by atoms with Crippen LogP contribution in [0.1, 0.15) is 18.4 Å². The van der Waals surface area contributed by atoms with E-state index >= 15 is 0 Å². The summed E-state index contributed by atoms with van der Waals surface area (Å²) >= 11 is 5.87. The minimum atomic E-state index is -0.397. The summed E-state index contributed by atoms with van der Waals surface area (Å²) in [5.74, 6) is -0.559. The Morgan fingerprint density at radius 2 is 2.08 bits per heavy atom. The summed E-state index contributed by atoms with van der Waals surface area (Å²) in [6, 6.07) is 4.99. The Labute approximate surface area is 152 Å². The van der Waals surface area contributed by atoms with Gasteiger partial charge in [0.1, 0.15) is 12.4 Å². The van der Waals surface area contributed by atoms with Crippen LogP contribution >= 0.6 is 11.6 Å². The molecule has 0 aliphatic carbocycles. The Balaban J connectivity index is 1.75. The van der Waals surface area contributed by atoms with Crippen LogP contribution in [0.25, 0.3) is 0 Å². The molecule has 0 spiro atoms. The second kappa shape index (κ2) is 7.30. The number of piperidine rings is 1. The van der Waals surface area contributed by atoms with Crippen molar-refractivity contribution in [3.63, 3.8) is 0 Å². The summed E-state index contributed by atoms with van der Waals surface area (Å²) in [4.78, 5) is 30.1. The van der Waals surface area contributed by atoms with Crippen LogP contribution in [0, 0.1) is 11.7 Å². The molecular weight excluding hydrogens is 345 g/mol. The lowest BCUT2D eigenvalue weighted by Crippen LogP contribution is -2.51. The van der Waals surface area contributed by atoms with Gasteiger partial charge in [-0.2, -0.15) is 0 Å². The third kappa shape index (κ3) is 3.80. The fourth-order valence-corrected chi connectivity index (χ4v) is 3.86. The first-order chi connectivity index (χ1) is 11.9.